The third-order valence-electron chi connectivity index (χ3n) is 3.57. The number of rotatable bonds is 8. The standard InChI is InChI=1S/C20H19NO6/c1-2-13-26-20(25)27-17(19(23)24)16(14-9-5-3-6-10-14)21-18(22)15-11-7-4-8-12-15/h2-12,16-17H,1,13H2,(H,21,22)(H,23,24)/t16-,17+/m0/s1. The van der Waals surface area contributed by atoms with Gasteiger partial charge in [-0.25, -0.2) is 9.59 Å². The van der Waals surface area contributed by atoms with Crippen molar-refractivity contribution in [3.63, 3.8) is 0 Å². The minimum absolute atomic E-state index is 0.127. The van der Waals surface area contributed by atoms with E-state index in [4.69, 9.17) is 9.47 Å². The highest BCUT2D eigenvalue weighted by molar-refractivity contribution is 5.95. The third-order valence-corrected chi connectivity index (χ3v) is 3.57. The van der Waals surface area contributed by atoms with Gasteiger partial charge in [0.05, 0.1) is 0 Å². The first-order valence-electron chi connectivity index (χ1n) is 8.11. The summed E-state index contributed by atoms with van der Waals surface area (Å²) in [6.07, 6.45) is -1.53. The van der Waals surface area contributed by atoms with E-state index in [0.717, 1.165) is 0 Å². The molecule has 0 aliphatic heterocycles. The van der Waals surface area contributed by atoms with Gasteiger partial charge in [-0.2, -0.15) is 0 Å². The van der Waals surface area contributed by atoms with Crippen LogP contribution in [-0.2, 0) is 14.3 Å². The molecule has 0 radical (unpaired) electrons. The molecule has 0 aliphatic carbocycles. The van der Waals surface area contributed by atoms with Crippen molar-refractivity contribution in [1.82, 2.24) is 5.32 Å². The molecule has 0 saturated carbocycles. The molecule has 0 spiro atoms. The van der Waals surface area contributed by atoms with E-state index in [2.05, 4.69) is 11.9 Å². The zero-order valence-corrected chi connectivity index (χ0v) is 14.4. The zero-order valence-electron chi connectivity index (χ0n) is 14.4. The lowest BCUT2D eigenvalue weighted by Gasteiger charge is -2.25. The monoisotopic (exact) mass is 369 g/mol. The average molecular weight is 369 g/mol. The van der Waals surface area contributed by atoms with Crippen molar-refractivity contribution < 1.29 is 29.0 Å². The lowest BCUT2D eigenvalue weighted by molar-refractivity contribution is -0.150. The number of amides is 1. The Hall–Kier alpha value is -3.61. The van der Waals surface area contributed by atoms with Crippen LogP contribution in [0.3, 0.4) is 0 Å². The summed E-state index contributed by atoms with van der Waals surface area (Å²) < 4.78 is 9.64. The molecule has 0 bridgehead atoms. The Labute approximate surface area is 156 Å². The summed E-state index contributed by atoms with van der Waals surface area (Å²) >= 11 is 0. The van der Waals surface area contributed by atoms with Crippen molar-refractivity contribution in [2.24, 2.45) is 0 Å². The molecule has 0 unspecified atom stereocenters. The molecule has 0 aromatic heterocycles. The minimum Gasteiger partial charge on any atom is -0.478 e. The van der Waals surface area contributed by atoms with E-state index >= 15 is 0 Å². The highest BCUT2D eigenvalue weighted by Gasteiger charge is 2.35. The molecule has 0 saturated heterocycles. The molecule has 2 aromatic carbocycles. The summed E-state index contributed by atoms with van der Waals surface area (Å²) in [5.74, 6) is -1.92. The van der Waals surface area contributed by atoms with Gasteiger partial charge in [-0.1, -0.05) is 61.2 Å². The predicted octanol–water partition coefficient (Wildman–Crippen LogP) is 2.95. The van der Waals surface area contributed by atoms with Crippen LogP contribution in [-0.4, -0.2) is 35.8 Å². The number of aliphatic carboxylic acids is 1. The zero-order chi connectivity index (χ0) is 19.6. The molecule has 7 heteroatoms. The molecule has 1 amide bonds. The molecule has 27 heavy (non-hydrogen) atoms. The average Bonchev–Trinajstić information content (AvgIpc) is 2.70. The number of hydrogen-bond acceptors (Lipinski definition) is 5. The van der Waals surface area contributed by atoms with Crippen molar-refractivity contribution in [3.05, 3.63) is 84.4 Å². The summed E-state index contributed by atoms with van der Waals surface area (Å²) in [6.45, 7) is 3.27. The van der Waals surface area contributed by atoms with E-state index in [9.17, 15) is 19.5 Å². The number of carboxylic acid groups (broad SMARTS) is 1. The Morgan fingerprint density at radius 2 is 1.63 bits per heavy atom. The maximum Gasteiger partial charge on any atom is 0.509 e. The summed E-state index contributed by atoms with van der Waals surface area (Å²) in [6, 6.07) is 15.6. The molecular formula is C20H19NO6. The van der Waals surface area contributed by atoms with Gasteiger partial charge in [0.15, 0.2) is 0 Å². The topological polar surface area (TPSA) is 102 Å². The van der Waals surface area contributed by atoms with Crippen LogP contribution in [0.4, 0.5) is 4.79 Å². The lowest BCUT2D eigenvalue weighted by Crippen LogP contribution is -2.43. The van der Waals surface area contributed by atoms with Gasteiger partial charge >= 0.3 is 12.1 Å². The Balaban J connectivity index is 2.29. The molecule has 2 rings (SSSR count). The number of carbonyl (C=O) groups excluding carboxylic acids is 2. The number of carbonyl (C=O) groups is 3. The van der Waals surface area contributed by atoms with Crippen LogP contribution in [0, 0.1) is 0 Å². The van der Waals surface area contributed by atoms with Crippen LogP contribution >= 0.6 is 0 Å². The second-order valence-electron chi connectivity index (χ2n) is 5.45. The molecule has 0 fully saturated rings. The van der Waals surface area contributed by atoms with Gasteiger partial charge in [-0.15, -0.1) is 0 Å². The van der Waals surface area contributed by atoms with Gasteiger partial charge < -0.3 is 19.9 Å². The van der Waals surface area contributed by atoms with E-state index in [-0.39, 0.29) is 6.61 Å². The first-order valence-corrected chi connectivity index (χ1v) is 8.11. The van der Waals surface area contributed by atoms with Crippen LogP contribution in [0.25, 0.3) is 0 Å². The molecule has 0 aliphatic rings. The summed E-state index contributed by atoms with van der Waals surface area (Å²) in [4.78, 5) is 36.0. The number of carboxylic acids is 1. The number of benzene rings is 2. The third kappa shape index (κ3) is 5.71. The quantitative estimate of drug-likeness (QED) is 0.548. The van der Waals surface area contributed by atoms with Gasteiger partial charge in [0.1, 0.15) is 12.6 Å². The maximum atomic E-state index is 12.5. The van der Waals surface area contributed by atoms with Crippen LogP contribution in [0.2, 0.25) is 0 Å². The molecule has 2 atom stereocenters. The Morgan fingerprint density at radius 1 is 1.04 bits per heavy atom. The SMILES string of the molecule is C=CCOC(=O)O[C@@H](C(=O)O)[C@@H](NC(=O)c1ccccc1)c1ccccc1. The summed E-state index contributed by atoms with van der Waals surface area (Å²) in [7, 11) is 0. The maximum absolute atomic E-state index is 12.5. The number of hydrogen-bond donors (Lipinski definition) is 2. The van der Waals surface area contributed by atoms with E-state index in [1.54, 1.807) is 60.7 Å². The van der Waals surface area contributed by atoms with Crippen LogP contribution in [0.1, 0.15) is 22.0 Å². The highest BCUT2D eigenvalue weighted by Crippen LogP contribution is 2.21. The van der Waals surface area contributed by atoms with Gasteiger partial charge in [-0.3, -0.25) is 4.79 Å². The molecule has 7 nitrogen and oxygen atoms in total. The lowest BCUT2D eigenvalue weighted by atomic mass is 10.0. The number of nitrogens with one attached hydrogen (secondary N) is 1. The van der Waals surface area contributed by atoms with Gasteiger partial charge in [0, 0.05) is 5.56 Å². The van der Waals surface area contributed by atoms with Crippen molar-refractivity contribution >= 4 is 18.0 Å². The first-order chi connectivity index (χ1) is 13.0. The van der Waals surface area contributed by atoms with E-state index in [1.807, 2.05) is 0 Å². The first kappa shape index (κ1) is 19.7. The van der Waals surface area contributed by atoms with Crippen LogP contribution in [0.5, 0.6) is 0 Å². The molecule has 0 heterocycles. The van der Waals surface area contributed by atoms with Gasteiger partial charge in [-0.05, 0) is 17.7 Å². The Bertz CT molecular complexity index is 791. The van der Waals surface area contributed by atoms with E-state index in [0.29, 0.717) is 11.1 Å². The molecule has 2 aromatic rings. The second-order valence-corrected chi connectivity index (χ2v) is 5.45. The molecule has 140 valence electrons. The Kier molecular flexibility index (Phi) is 7.13. The normalized spacial score (nSPS) is 12.3. The molecular weight excluding hydrogens is 350 g/mol. The van der Waals surface area contributed by atoms with E-state index < -0.39 is 30.2 Å². The number of ether oxygens (including phenoxy) is 2. The van der Waals surface area contributed by atoms with Crippen molar-refractivity contribution in [2.75, 3.05) is 6.61 Å². The fourth-order valence-corrected chi connectivity index (χ4v) is 2.33. The fourth-order valence-electron chi connectivity index (χ4n) is 2.33. The Morgan fingerprint density at radius 3 is 2.19 bits per heavy atom. The predicted molar refractivity (Wildman–Crippen MR) is 97.1 cm³/mol. The molecule has 2 N–H and O–H groups in total. The smallest absolute Gasteiger partial charge is 0.478 e. The van der Waals surface area contributed by atoms with Gasteiger partial charge in [0.2, 0.25) is 6.10 Å². The summed E-state index contributed by atoms with van der Waals surface area (Å²) in [5, 5.41) is 12.2. The van der Waals surface area contributed by atoms with Crippen LogP contribution < -0.4 is 5.32 Å². The van der Waals surface area contributed by atoms with Crippen LogP contribution in [0.15, 0.2) is 73.3 Å². The van der Waals surface area contributed by atoms with Crippen molar-refractivity contribution in [2.45, 2.75) is 12.1 Å². The van der Waals surface area contributed by atoms with Crippen molar-refractivity contribution in [1.29, 1.82) is 0 Å². The second kappa shape index (κ2) is 9.76. The van der Waals surface area contributed by atoms with Gasteiger partial charge in [0.25, 0.3) is 5.91 Å². The minimum atomic E-state index is -1.68. The largest absolute Gasteiger partial charge is 0.509 e. The van der Waals surface area contributed by atoms with Crippen molar-refractivity contribution in [3.8, 4) is 0 Å². The van der Waals surface area contributed by atoms with E-state index in [1.165, 1.54) is 6.08 Å². The highest BCUT2D eigenvalue weighted by atomic mass is 16.7. The summed E-state index contributed by atoms with van der Waals surface area (Å²) in [5.41, 5.74) is 0.808. The fraction of sp³-hybridized carbons (Fsp3) is 0.150.